The molecule has 0 radical (unpaired) electrons. The van der Waals surface area contributed by atoms with Crippen LogP contribution in [0.3, 0.4) is 0 Å². The van der Waals surface area contributed by atoms with Crippen LogP contribution in [0.1, 0.15) is 44.0 Å². The molecule has 2 aliphatic carbocycles. The molecule has 4 nitrogen and oxygen atoms in total. The van der Waals surface area contributed by atoms with Crippen molar-refractivity contribution in [1.29, 1.82) is 0 Å². The van der Waals surface area contributed by atoms with E-state index in [1.54, 1.807) is 0 Å². The Bertz CT molecular complexity index is 753. The zero-order valence-corrected chi connectivity index (χ0v) is 11.6. The van der Waals surface area contributed by atoms with Gasteiger partial charge in [0.1, 0.15) is 5.41 Å². The number of carbonyl (C=O) groups is 1. The van der Waals surface area contributed by atoms with Crippen molar-refractivity contribution in [3.05, 3.63) is 35.7 Å². The first-order valence-electron chi connectivity index (χ1n) is 6.99. The summed E-state index contributed by atoms with van der Waals surface area (Å²) in [6.45, 7) is 4.10. The van der Waals surface area contributed by atoms with Crippen LogP contribution in [-0.4, -0.2) is 21.0 Å². The Balaban J connectivity index is 2.10. The number of aromatic nitrogens is 2. The molecule has 1 aromatic heterocycles. The quantitative estimate of drug-likeness (QED) is 0.863. The Morgan fingerprint density at radius 3 is 2.55 bits per heavy atom. The van der Waals surface area contributed by atoms with Gasteiger partial charge in [-0.3, -0.25) is 4.79 Å². The van der Waals surface area contributed by atoms with E-state index in [2.05, 4.69) is 4.98 Å². The predicted molar refractivity (Wildman–Crippen MR) is 74.6 cm³/mol. The molecule has 2 aromatic rings. The van der Waals surface area contributed by atoms with E-state index in [0.29, 0.717) is 12.1 Å². The van der Waals surface area contributed by atoms with Crippen molar-refractivity contribution in [2.45, 2.75) is 38.0 Å². The van der Waals surface area contributed by atoms with E-state index in [1.165, 1.54) is 0 Å². The minimum absolute atomic E-state index is 0.200. The first-order valence-corrected chi connectivity index (χ1v) is 6.99. The summed E-state index contributed by atoms with van der Waals surface area (Å²) >= 11 is 0. The largest absolute Gasteiger partial charge is 0.481 e. The number of rotatable bonds is 1. The molecular weight excluding hydrogens is 252 g/mol. The van der Waals surface area contributed by atoms with E-state index < -0.39 is 11.4 Å². The lowest BCUT2D eigenvalue weighted by Gasteiger charge is -2.33. The fourth-order valence-corrected chi connectivity index (χ4v) is 4.30. The Labute approximate surface area is 116 Å². The van der Waals surface area contributed by atoms with Crippen LogP contribution in [0, 0.1) is 5.41 Å². The summed E-state index contributed by atoms with van der Waals surface area (Å²) in [5.74, 6) is -0.556. The summed E-state index contributed by atoms with van der Waals surface area (Å²) in [5, 5.41) is 9.88. The third-order valence-electron chi connectivity index (χ3n) is 5.48. The third kappa shape index (κ3) is 1.08. The highest BCUT2D eigenvalue weighted by molar-refractivity contribution is 5.87. The Morgan fingerprint density at radius 1 is 1.25 bits per heavy atom. The van der Waals surface area contributed by atoms with Gasteiger partial charge < -0.3 is 5.11 Å². The maximum Gasteiger partial charge on any atom is 0.316 e. The van der Waals surface area contributed by atoms with E-state index in [9.17, 15) is 9.90 Å². The fourth-order valence-electron chi connectivity index (χ4n) is 4.30. The van der Waals surface area contributed by atoms with Crippen LogP contribution in [0.25, 0.3) is 11.0 Å². The number of carboxylic acid groups (broad SMARTS) is 1. The minimum atomic E-state index is -0.871. The standard InChI is InChI=1S/C16H16N2O2/c1-15(2)9-7-8-16(15,14(19)20)13-12(9)17-10-5-3-4-6-11(10)18-13/h3-6,9H,7-8H2,1-2H3,(H,19,20)/t9-,16-/m1/s1. The van der Waals surface area contributed by atoms with Crippen molar-refractivity contribution in [2.75, 3.05) is 0 Å². The van der Waals surface area contributed by atoms with Crippen molar-refractivity contribution in [3.8, 4) is 0 Å². The average molecular weight is 268 g/mol. The van der Waals surface area contributed by atoms with Crippen LogP contribution in [0.5, 0.6) is 0 Å². The molecule has 1 aromatic carbocycles. The summed E-state index contributed by atoms with van der Waals surface area (Å²) in [5.41, 5.74) is 2.06. The number of carboxylic acids is 1. The minimum Gasteiger partial charge on any atom is -0.481 e. The van der Waals surface area contributed by atoms with Gasteiger partial charge in [-0.2, -0.15) is 0 Å². The summed E-state index contributed by atoms with van der Waals surface area (Å²) in [6, 6.07) is 7.69. The van der Waals surface area contributed by atoms with Gasteiger partial charge in [-0.05, 0) is 30.4 Å². The van der Waals surface area contributed by atoms with Gasteiger partial charge >= 0.3 is 5.97 Å². The number of hydrogen-bond donors (Lipinski definition) is 1. The van der Waals surface area contributed by atoms with Crippen molar-refractivity contribution in [1.82, 2.24) is 9.97 Å². The van der Waals surface area contributed by atoms with E-state index >= 15 is 0 Å². The molecule has 4 rings (SSSR count). The van der Waals surface area contributed by atoms with Crippen LogP contribution >= 0.6 is 0 Å². The number of para-hydroxylation sites is 2. The van der Waals surface area contributed by atoms with Gasteiger partial charge in [0.15, 0.2) is 0 Å². The molecule has 1 fully saturated rings. The van der Waals surface area contributed by atoms with E-state index in [0.717, 1.165) is 23.1 Å². The molecule has 4 heteroatoms. The van der Waals surface area contributed by atoms with Crippen LogP contribution in [-0.2, 0) is 10.2 Å². The van der Waals surface area contributed by atoms with Crippen LogP contribution in [0.15, 0.2) is 24.3 Å². The highest BCUT2D eigenvalue weighted by atomic mass is 16.4. The molecule has 2 atom stereocenters. The maximum atomic E-state index is 12.0. The lowest BCUT2D eigenvalue weighted by molar-refractivity contribution is -0.147. The van der Waals surface area contributed by atoms with Gasteiger partial charge in [0, 0.05) is 5.92 Å². The van der Waals surface area contributed by atoms with Gasteiger partial charge in [0.25, 0.3) is 0 Å². The van der Waals surface area contributed by atoms with Gasteiger partial charge in [0.05, 0.1) is 22.4 Å². The van der Waals surface area contributed by atoms with E-state index in [1.807, 2.05) is 38.1 Å². The van der Waals surface area contributed by atoms with Crippen LogP contribution < -0.4 is 0 Å². The monoisotopic (exact) mass is 268 g/mol. The van der Waals surface area contributed by atoms with Gasteiger partial charge in [0.2, 0.25) is 0 Å². The normalized spacial score (nSPS) is 29.6. The SMILES string of the molecule is CC1(C)[C@@H]2CC[C@]1(C(=O)O)c1nc3ccccc3nc12. The smallest absolute Gasteiger partial charge is 0.316 e. The molecular formula is C16H16N2O2. The first kappa shape index (κ1) is 11.8. The maximum absolute atomic E-state index is 12.0. The van der Waals surface area contributed by atoms with Gasteiger partial charge in [-0.25, -0.2) is 9.97 Å². The van der Waals surface area contributed by atoms with Crippen molar-refractivity contribution in [2.24, 2.45) is 5.41 Å². The molecule has 0 saturated heterocycles. The molecule has 1 heterocycles. The second-order valence-corrected chi connectivity index (χ2v) is 6.47. The Hall–Kier alpha value is -1.97. The lowest BCUT2D eigenvalue weighted by atomic mass is 9.68. The van der Waals surface area contributed by atoms with E-state index in [-0.39, 0.29) is 11.3 Å². The molecule has 1 N–H and O–H groups in total. The van der Waals surface area contributed by atoms with Gasteiger partial charge in [-0.15, -0.1) is 0 Å². The fraction of sp³-hybridized carbons (Fsp3) is 0.438. The predicted octanol–water partition coefficient (Wildman–Crippen LogP) is 2.87. The molecule has 2 aliphatic rings. The lowest BCUT2D eigenvalue weighted by Crippen LogP contribution is -2.43. The number of fused-ring (bicyclic) bond motifs is 6. The number of nitrogens with zero attached hydrogens (tertiary/aromatic N) is 2. The van der Waals surface area contributed by atoms with Crippen molar-refractivity contribution in [3.63, 3.8) is 0 Å². The first-order chi connectivity index (χ1) is 9.48. The second-order valence-electron chi connectivity index (χ2n) is 6.47. The molecule has 1 saturated carbocycles. The molecule has 0 spiro atoms. The van der Waals surface area contributed by atoms with E-state index in [4.69, 9.17) is 4.98 Å². The average Bonchev–Trinajstić information content (AvgIpc) is 2.79. The third-order valence-corrected chi connectivity index (χ3v) is 5.48. The zero-order chi connectivity index (χ0) is 14.1. The number of hydrogen-bond acceptors (Lipinski definition) is 3. The summed E-state index contributed by atoms with van der Waals surface area (Å²) in [4.78, 5) is 21.4. The molecule has 102 valence electrons. The summed E-state index contributed by atoms with van der Waals surface area (Å²) < 4.78 is 0. The second kappa shape index (κ2) is 3.37. The van der Waals surface area contributed by atoms with Gasteiger partial charge in [-0.1, -0.05) is 26.0 Å². The molecule has 20 heavy (non-hydrogen) atoms. The summed E-state index contributed by atoms with van der Waals surface area (Å²) in [6.07, 6.45) is 1.55. The zero-order valence-electron chi connectivity index (χ0n) is 11.6. The topological polar surface area (TPSA) is 63.1 Å². The number of aliphatic carboxylic acids is 1. The highest BCUT2D eigenvalue weighted by Gasteiger charge is 2.68. The van der Waals surface area contributed by atoms with Crippen LogP contribution in [0.4, 0.5) is 0 Å². The number of benzene rings is 1. The Morgan fingerprint density at radius 2 is 1.90 bits per heavy atom. The molecule has 2 bridgehead atoms. The Kier molecular flexibility index (Phi) is 1.99. The highest BCUT2D eigenvalue weighted by Crippen LogP contribution is 2.67. The molecule has 0 amide bonds. The van der Waals surface area contributed by atoms with Crippen molar-refractivity contribution < 1.29 is 9.90 Å². The van der Waals surface area contributed by atoms with Crippen molar-refractivity contribution >= 4 is 17.0 Å². The summed E-state index contributed by atoms with van der Waals surface area (Å²) in [7, 11) is 0. The molecule has 0 aliphatic heterocycles. The molecule has 0 unspecified atom stereocenters. The van der Waals surface area contributed by atoms with Crippen LogP contribution in [0.2, 0.25) is 0 Å².